The summed E-state index contributed by atoms with van der Waals surface area (Å²) in [5.41, 5.74) is 8.35. The van der Waals surface area contributed by atoms with E-state index in [-0.39, 0.29) is 32.2 Å². The Hall–Kier alpha value is -4.53. The summed E-state index contributed by atoms with van der Waals surface area (Å²) in [4.78, 5) is 9.89. The van der Waals surface area contributed by atoms with Gasteiger partial charge in [0.15, 0.2) is 0 Å². The van der Waals surface area contributed by atoms with Crippen molar-refractivity contribution in [3.63, 3.8) is 0 Å². The maximum absolute atomic E-state index is 11.0. The summed E-state index contributed by atoms with van der Waals surface area (Å²) in [5.74, 6) is 1.02. The number of nitrogens with zero attached hydrogens (tertiary/aromatic N) is 3. The summed E-state index contributed by atoms with van der Waals surface area (Å²) in [6, 6.07) is 42.4. The Morgan fingerprint density at radius 3 is 2.26 bits per heavy atom. The molecule has 1 N–H and O–H groups in total. The van der Waals surface area contributed by atoms with E-state index in [4.69, 9.17) is 9.97 Å². The summed E-state index contributed by atoms with van der Waals surface area (Å²) in [6.07, 6.45) is 1.82. The molecule has 0 aliphatic carbocycles. The van der Waals surface area contributed by atoms with Gasteiger partial charge < -0.3 is 5.11 Å². The average Bonchev–Trinajstić information content (AvgIpc) is 3.35. The monoisotopic (exact) mass is 739 g/mol. The molecule has 0 aliphatic heterocycles. The van der Waals surface area contributed by atoms with Gasteiger partial charge in [-0.1, -0.05) is 105 Å². The van der Waals surface area contributed by atoms with Crippen LogP contribution >= 0.6 is 0 Å². The van der Waals surface area contributed by atoms with Crippen LogP contribution in [0.15, 0.2) is 121 Å². The molecule has 214 valence electrons. The number of hydrogen-bond acceptors (Lipinski definition) is 3. The van der Waals surface area contributed by atoms with Crippen LogP contribution in [0.4, 0.5) is 0 Å². The topological polar surface area (TPSA) is 50.9 Å². The van der Waals surface area contributed by atoms with Gasteiger partial charge in [-0.15, -0.1) is 23.8 Å². The first kappa shape index (κ1) is 28.6. The van der Waals surface area contributed by atoms with Gasteiger partial charge in [-0.3, -0.25) is 9.55 Å². The molecule has 3 aromatic heterocycles. The van der Waals surface area contributed by atoms with Crippen molar-refractivity contribution in [3.05, 3.63) is 133 Å². The molecule has 4 aromatic carbocycles. The van der Waals surface area contributed by atoms with Gasteiger partial charge in [-0.2, -0.15) is 0 Å². The summed E-state index contributed by atoms with van der Waals surface area (Å²) in [6.45, 7) is 6.53. The van der Waals surface area contributed by atoms with E-state index >= 15 is 0 Å². The number of fused-ring (bicyclic) bond motifs is 3. The molecule has 7 rings (SSSR count). The van der Waals surface area contributed by atoms with Crippen molar-refractivity contribution in [1.82, 2.24) is 14.5 Å². The first-order valence-electron chi connectivity index (χ1n) is 14.2. The molecule has 3 heterocycles. The van der Waals surface area contributed by atoms with Gasteiger partial charge in [-0.05, 0) is 52.4 Å². The van der Waals surface area contributed by atoms with Gasteiger partial charge >= 0.3 is 0 Å². The number of phenolic OH excluding ortho intramolecular Hbond substituents is 1. The molecule has 0 spiro atoms. The average molecular weight is 740 g/mol. The van der Waals surface area contributed by atoms with Crippen molar-refractivity contribution >= 4 is 21.9 Å². The molecule has 0 radical (unpaired) electrons. The molecule has 4 nitrogen and oxygen atoms in total. The number of aromatic hydroxyl groups is 1. The summed E-state index contributed by atoms with van der Waals surface area (Å²) in [7, 11) is 0. The Kier molecular flexibility index (Phi) is 7.50. The van der Waals surface area contributed by atoms with E-state index in [1.165, 1.54) is 0 Å². The van der Waals surface area contributed by atoms with Crippen molar-refractivity contribution in [3.8, 4) is 45.1 Å². The van der Waals surface area contributed by atoms with E-state index in [1.54, 1.807) is 6.07 Å². The molecule has 7 aromatic rings. The second-order valence-corrected chi connectivity index (χ2v) is 11.7. The van der Waals surface area contributed by atoms with Gasteiger partial charge in [0, 0.05) is 43.7 Å². The van der Waals surface area contributed by atoms with Crippen LogP contribution in [0, 0.1) is 6.07 Å². The number of pyridine rings is 2. The molecular weight excluding hydrogens is 710 g/mol. The predicted molar refractivity (Wildman–Crippen MR) is 172 cm³/mol. The predicted octanol–water partition coefficient (Wildman–Crippen LogP) is 9.38. The van der Waals surface area contributed by atoms with Crippen LogP contribution in [0.2, 0.25) is 0 Å². The van der Waals surface area contributed by atoms with Crippen LogP contribution in [0.25, 0.3) is 61.3 Å². The minimum absolute atomic E-state index is 0. The molecule has 0 saturated carbocycles. The molecule has 0 bridgehead atoms. The molecule has 0 atom stereocenters. The number of para-hydroxylation sites is 1. The number of hydrogen-bond donors (Lipinski definition) is 1. The summed E-state index contributed by atoms with van der Waals surface area (Å²) < 4.78 is 2.12. The van der Waals surface area contributed by atoms with Crippen LogP contribution in [0.5, 0.6) is 5.75 Å². The van der Waals surface area contributed by atoms with Crippen LogP contribution in [-0.2, 0) is 26.5 Å². The van der Waals surface area contributed by atoms with E-state index in [2.05, 4.69) is 86.0 Å². The fourth-order valence-electron chi connectivity index (χ4n) is 5.59. The molecule has 0 amide bonds. The number of aromatic nitrogens is 3. The molecule has 43 heavy (non-hydrogen) atoms. The normalized spacial score (nSPS) is 11.5. The van der Waals surface area contributed by atoms with Gasteiger partial charge in [0.25, 0.3) is 0 Å². The fraction of sp³-hybridized carbons (Fsp3) is 0.105. The third-order valence-electron chi connectivity index (χ3n) is 7.80. The van der Waals surface area contributed by atoms with Crippen LogP contribution < -0.4 is 0 Å². The standard InChI is InChI=1S/C38H30N3O.Pt/c1-38(2,3)29-18-19-35(42)32(24-29)27-21-26(25-11-5-4-6-12-25)22-28(23-27)33-15-9-17-36(40-33)41-34-16-8-7-13-30(34)31-14-10-20-39-37(31)41;/h4-22,24,42H,1-3H3;/q-1;. The minimum atomic E-state index is -0.0610. The SMILES string of the molecule is CC(C)(C)c1ccc(O)c(-c2[c-]c(-c3cccc(-n4c5ccccc5c5cccnc54)n3)cc(-c3ccccc3)c2)c1.[Pt]. The van der Waals surface area contributed by atoms with Crippen molar-refractivity contribution in [2.45, 2.75) is 26.2 Å². The van der Waals surface area contributed by atoms with Gasteiger partial charge in [0.05, 0.1) is 11.3 Å². The second kappa shape index (κ2) is 11.3. The van der Waals surface area contributed by atoms with Crippen LogP contribution in [-0.4, -0.2) is 19.6 Å². The Morgan fingerprint density at radius 1 is 0.698 bits per heavy atom. The number of phenols is 1. The third kappa shape index (κ3) is 5.28. The van der Waals surface area contributed by atoms with Crippen molar-refractivity contribution in [2.24, 2.45) is 0 Å². The Balaban J connectivity index is 0.00000329. The van der Waals surface area contributed by atoms with E-state index in [0.29, 0.717) is 0 Å². The Labute approximate surface area is 266 Å². The number of benzene rings is 4. The minimum Gasteiger partial charge on any atom is -0.515 e. The van der Waals surface area contributed by atoms with Crippen LogP contribution in [0.1, 0.15) is 26.3 Å². The van der Waals surface area contributed by atoms with Crippen molar-refractivity contribution in [1.29, 1.82) is 0 Å². The van der Waals surface area contributed by atoms with E-state index in [0.717, 1.165) is 66.8 Å². The Morgan fingerprint density at radius 2 is 1.44 bits per heavy atom. The maximum atomic E-state index is 11.0. The van der Waals surface area contributed by atoms with Gasteiger partial charge in [0.2, 0.25) is 0 Å². The molecule has 0 unspecified atom stereocenters. The molecule has 5 heteroatoms. The van der Waals surface area contributed by atoms with E-state index in [1.807, 2.05) is 60.8 Å². The van der Waals surface area contributed by atoms with Crippen molar-refractivity contribution in [2.75, 3.05) is 0 Å². The fourth-order valence-corrected chi connectivity index (χ4v) is 5.59. The zero-order valence-corrected chi connectivity index (χ0v) is 26.4. The molecule has 0 aliphatic rings. The van der Waals surface area contributed by atoms with Gasteiger partial charge in [-0.25, -0.2) is 4.98 Å². The molecular formula is C38H30N3OPt-. The van der Waals surface area contributed by atoms with E-state index in [9.17, 15) is 5.11 Å². The van der Waals surface area contributed by atoms with Crippen molar-refractivity contribution < 1.29 is 26.2 Å². The molecule has 0 saturated heterocycles. The molecule has 0 fully saturated rings. The van der Waals surface area contributed by atoms with E-state index < -0.39 is 0 Å². The maximum Gasteiger partial charge on any atom is 0.146 e. The quantitative estimate of drug-likeness (QED) is 0.183. The zero-order chi connectivity index (χ0) is 28.8. The smallest absolute Gasteiger partial charge is 0.146 e. The summed E-state index contributed by atoms with van der Waals surface area (Å²) in [5, 5.41) is 13.2. The Bertz CT molecular complexity index is 2040. The second-order valence-electron chi connectivity index (χ2n) is 11.7. The first-order valence-corrected chi connectivity index (χ1v) is 14.2. The number of rotatable bonds is 4. The van der Waals surface area contributed by atoms with Crippen LogP contribution in [0.3, 0.4) is 0 Å². The largest absolute Gasteiger partial charge is 0.515 e. The van der Waals surface area contributed by atoms with Gasteiger partial charge in [0.1, 0.15) is 11.5 Å². The first-order chi connectivity index (χ1) is 20.4. The summed E-state index contributed by atoms with van der Waals surface area (Å²) >= 11 is 0. The zero-order valence-electron chi connectivity index (χ0n) is 24.2. The third-order valence-corrected chi connectivity index (χ3v) is 7.80.